The van der Waals surface area contributed by atoms with Crippen LogP contribution in [0.25, 0.3) is 0 Å². The van der Waals surface area contributed by atoms with E-state index in [1.165, 1.54) is 5.56 Å². The number of rotatable bonds is 7. The SMILES string of the molecule is CCOc1cc(C(=O)Nc2cccc(Br)c2)cc(Br)c1OCc1ccc(C)cc1. The van der Waals surface area contributed by atoms with Crippen LogP contribution in [0.4, 0.5) is 5.69 Å². The Bertz CT molecular complexity index is 1000. The minimum absolute atomic E-state index is 0.227. The molecule has 0 saturated carbocycles. The zero-order chi connectivity index (χ0) is 20.8. The predicted octanol–water partition coefficient (Wildman–Crippen LogP) is 6.75. The molecule has 0 unspecified atom stereocenters. The van der Waals surface area contributed by atoms with Crippen LogP contribution < -0.4 is 14.8 Å². The average molecular weight is 519 g/mol. The monoisotopic (exact) mass is 517 g/mol. The molecule has 3 rings (SSSR count). The summed E-state index contributed by atoms with van der Waals surface area (Å²) in [5.74, 6) is 0.870. The van der Waals surface area contributed by atoms with Crippen LogP contribution in [-0.4, -0.2) is 12.5 Å². The summed E-state index contributed by atoms with van der Waals surface area (Å²) in [5.41, 5.74) is 3.44. The van der Waals surface area contributed by atoms with Crippen LogP contribution >= 0.6 is 31.9 Å². The normalized spacial score (nSPS) is 10.5. The molecule has 1 amide bonds. The van der Waals surface area contributed by atoms with E-state index in [4.69, 9.17) is 9.47 Å². The second-order valence-corrected chi connectivity index (χ2v) is 8.23. The molecule has 0 atom stereocenters. The molecule has 0 spiro atoms. The molecule has 6 heteroatoms. The summed E-state index contributed by atoms with van der Waals surface area (Å²) in [7, 11) is 0. The van der Waals surface area contributed by atoms with E-state index in [1.807, 2.05) is 62.4 Å². The predicted molar refractivity (Wildman–Crippen MR) is 123 cm³/mol. The maximum absolute atomic E-state index is 12.7. The fourth-order valence-electron chi connectivity index (χ4n) is 2.71. The lowest BCUT2D eigenvalue weighted by Gasteiger charge is -2.16. The Morgan fingerprint density at radius 1 is 1.00 bits per heavy atom. The lowest BCUT2D eigenvalue weighted by atomic mass is 10.1. The first-order chi connectivity index (χ1) is 14.0. The number of ether oxygens (including phenoxy) is 2. The Morgan fingerprint density at radius 3 is 2.45 bits per heavy atom. The smallest absolute Gasteiger partial charge is 0.255 e. The third-order valence-corrected chi connectivity index (χ3v) is 5.24. The topological polar surface area (TPSA) is 47.6 Å². The molecule has 29 heavy (non-hydrogen) atoms. The lowest BCUT2D eigenvalue weighted by molar-refractivity contribution is 0.102. The van der Waals surface area contributed by atoms with Crippen LogP contribution in [0.5, 0.6) is 11.5 Å². The van der Waals surface area contributed by atoms with Gasteiger partial charge in [-0.3, -0.25) is 4.79 Å². The number of amides is 1. The summed E-state index contributed by atoms with van der Waals surface area (Å²) < 4.78 is 13.3. The van der Waals surface area contributed by atoms with Crippen molar-refractivity contribution in [1.82, 2.24) is 0 Å². The minimum atomic E-state index is -0.227. The van der Waals surface area contributed by atoms with Gasteiger partial charge in [-0.1, -0.05) is 51.8 Å². The maximum atomic E-state index is 12.7. The Morgan fingerprint density at radius 2 is 1.76 bits per heavy atom. The van der Waals surface area contributed by atoms with E-state index in [-0.39, 0.29) is 5.91 Å². The van der Waals surface area contributed by atoms with E-state index >= 15 is 0 Å². The van der Waals surface area contributed by atoms with E-state index in [1.54, 1.807) is 12.1 Å². The van der Waals surface area contributed by atoms with Gasteiger partial charge in [0.1, 0.15) is 6.61 Å². The zero-order valence-corrected chi connectivity index (χ0v) is 19.3. The number of carbonyl (C=O) groups is 1. The lowest BCUT2D eigenvalue weighted by Crippen LogP contribution is -2.12. The molecule has 0 aliphatic carbocycles. The maximum Gasteiger partial charge on any atom is 0.255 e. The van der Waals surface area contributed by atoms with Gasteiger partial charge in [0.05, 0.1) is 11.1 Å². The van der Waals surface area contributed by atoms with Crippen LogP contribution in [0.1, 0.15) is 28.4 Å². The highest BCUT2D eigenvalue weighted by molar-refractivity contribution is 9.10. The molecule has 3 aromatic rings. The van der Waals surface area contributed by atoms with Crippen molar-refractivity contribution in [2.75, 3.05) is 11.9 Å². The summed E-state index contributed by atoms with van der Waals surface area (Å²) in [6, 6.07) is 19.0. The van der Waals surface area contributed by atoms with Gasteiger partial charge in [-0.15, -0.1) is 0 Å². The molecule has 0 bridgehead atoms. The molecule has 1 N–H and O–H groups in total. The molecule has 0 heterocycles. The highest BCUT2D eigenvalue weighted by atomic mass is 79.9. The Labute approximate surface area is 187 Å². The first kappa shape index (κ1) is 21.4. The Hall–Kier alpha value is -2.31. The van der Waals surface area contributed by atoms with Gasteiger partial charge in [0.15, 0.2) is 11.5 Å². The summed E-state index contributed by atoms with van der Waals surface area (Å²) in [6.45, 7) is 4.81. The first-order valence-corrected chi connectivity index (χ1v) is 10.8. The van der Waals surface area contributed by atoms with Crippen molar-refractivity contribution in [1.29, 1.82) is 0 Å². The van der Waals surface area contributed by atoms with Crippen molar-refractivity contribution in [3.63, 3.8) is 0 Å². The fourth-order valence-corrected chi connectivity index (χ4v) is 3.67. The van der Waals surface area contributed by atoms with E-state index in [2.05, 4.69) is 37.2 Å². The van der Waals surface area contributed by atoms with Crippen LogP contribution in [-0.2, 0) is 6.61 Å². The number of hydrogen-bond acceptors (Lipinski definition) is 3. The van der Waals surface area contributed by atoms with Gasteiger partial charge in [-0.05, 0) is 65.7 Å². The van der Waals surface area contributed by atoms with E-state index < -0.39 is 0 Å². The fraction of sp³-hybridized carbons (Fsp3) is 0.174. The van der Waals surface area contributed by atoms with E-state index in [9.17, 15) is 4.79 Å². The number of hydrogen-bond donors (Lipinski definition) is 1. The van der Waals surface area contributed by atoms with Gasteiger partial charge >= 0.3 is 0 Å². The third-order valence-electron chi connectivity index (χ3n) is 4.16. The van der Waals surface area contributed by atoms with Gasteiger partial charge in [-0.25, -0.2) is 0 Å². The van der Waals surface area contributed by atoms with Crippen molar-refractivity contribution in [2.24, 2.45) is 0 Å². The molecule has 0 fully saturated rings. The van der Waals surface area contributed by atoms with Crippen molar-refractivity contribution in [2.45, 2.75) is 20.5 Å². The Balaban J connectivity index is 1.81. The highest BCUT2D eigenvalue weighted by Crippen LogP contribution is 2.37. The average Bonchev–Trinajstić information content (AvgIpc) is 2.68. The first-order valence-electron chi connectivity index (χ1n) is 9.18. The number of benzene rings is 3. The number of carbonyl (C=O) groups excluding carboxylic acids is 1. The molecular formula is C23H21Br2NO3. The van der Waals surface area contributed by atoms with Crippen LogP contribution in [0.15, 0.2) is 69.6 Å². The summed E-state index contributed by atoms with van der Waals surface area (Å²) in [5, 5.41) is 2.89. The standard InChI is InChI=1S/C23H21Br2NO3/c1-3-28-21-12-17(23(27)26-19-6-4-5-18(24)13-19)11-20(25)22(21)29-14-16-9-7-15(2)8-10-16/h4-13H,3,14H2,1-2H3,(H,26,27). The molecule has 0 aromatic heterocycles. The largest absolute Gasteiger partial charge is 0.490 e. The van der Waals surface area contributed by atoms with Gasteiger partial charge in [-0.2, -0.15) is 0 Å². The number of halogens is 2. The molecule has 0 aliphatic heterocycles. The van der Waals surface area contributed by atoms with Gasteiger partial charge in [0.25, 0.3) is 5.91 Å². The molecule has 150 valence electrons. The van der Waals surface area contributed by atoms with Gasteiger partial charge < -0.3 is 14.8 Å². The van der Waals surface area contributed by atoms with Crippen molar-refractivity contribution >= 4 is 43.5 Å². The molecule has 0 radical (unpaired) electrons. The zero-order valence-electron chi connectivity index (χ0n) is 16.2. The summed E-state index contributed by atoms with van der Waals surface area (Å²) in [4.78, 5) is 12.7. The van der Waals surface area contributed by atoms with E-state index in [0.717, 1.165) is 10.0 Å². The van der Waals surface area contributed by atoms with Crippen molar-refractivity contribution in [3.8, 4) is 11.5 Å². The quantitative estimate of drug-likeness (QED) is 0.376. The highest BCUT2D eigenvalue weighted by Gasteiger charge is 2.16. The van der Waals surface area contributed by atoms with Gasteiger partial charge in [0, 0.05) is 15.7 Å². The number of anilines is 1. The second-order valence-electron chi connectivity index (χ2n) is 6.46. The molecule has 4 nitrogen and oxygen atoms in total. The molecule has 3 aromatic carbocycles. The summed E-state index contributed by atoms with van der Waals surface area (Å²) >= 11 is 6.93. The van der Waals surface area contributed by atoms with Gasteiger partial charge in [0.2, 0.25) is 0 Å². The van der Waals surface area contributed by atoms with Crippen LogP contribution in [0, 0.1) is 6.92 Å². The molecule has 0 aliphatic rings. The van der Waals surface area contributed by atoms with Crippen LogP contribution in [0.3, 0.4) is 0 Å². The Kier molecular flexibility index (Phi) is 7.34. The summed E-state index contributed by atoms with van der Waals surface area (Å²) in [6.07, 6.45) is 0. The number of nitrogens with one attached hydrogen (secondary N) is 1. The third kappa shape index (κ3) is 5.84. The van der Waals surface area contributed by atoms with Crippen LogP contribution in [0.2, 0.25) is 0 Å². The second kappa shape index (κ2) is 9.94. The minimum Gasteiger partial charge on any atom is -0.490 e. The molecular weight excluding hydrogens is 498 g/mol. The molecule has 0 saturated heterocycles. The van der Waals surface area contributed by atoms with Crippen molar-refractivity contribution < 1.29 is 14.3 Å². The van der Waals surface area contributed by atoms with E-state index in [0.29, 0.717) is 40.4 Å². The van der Waals surface area contributed by atoms with Crippen molar-refractivity contribution in [3.05, 3.63) is 86.3 Å². The number of aryl methyl sites for hydroxylation is 1.